The van der Waals surface area contributed by atoms with Crippen molar-refractivity contribution in [2.45, 2.75) is 39.8 Å². The summed E-state index contributed by atoms with van der Waals surface area (Å²) in [5.74, 6) is 0.243. The molecule has 0 saturated heterocycles. The summed E-state index contributed by atoms with van der Waals surface area (Å²) in [5.41, 5.74) is 3.84. The smallest absolute Gasteiger partial charge is 0.417 e. The summed E-state index contributed by atoms with van der Waals surface area (Å²) in [6.07, 6.45) is -1.59. The Bertz CT molecular complexity index is 2000. The first-order chi connectivity index (χ1) is 20.4. The third-order valence-corrected chi connectivity index (χ3v) is 7.02. The van der Waals surface area contributed by atoms with E-state index in [-0.39, 0.29) is 37.2 Å². The Kier molecular flexibility index (Phi) is 9.77. The van der Waals surface area contributed by atoms with Crippen molar-refractivity contribution in [3.05, 3.63) is 114 Å². The Morgan fingerprint density at radius 1 is 0.932 bits per heavy atom. The first-order valence-corrected chi connectivity index (χ1v) is 13.7. The molecule has 6 aromatic rings. The number of aliphatic hydroxyl groups is 1. The van der Waals surface area contributed by atoms with Crippen LogP contribution in [0.2, 0.25) is 0 Å². The van der Waals surface area contributed by atoms with Crippen molar-refractivity contribution in [2.24, 2.45) is 0 Å². The Labute approximate surface area is 266 Å². The molecule has 1 N–H and O–H groups in total. The zero-order valence-electron chi connectivity index (χ0n) is 24.4. The van der Waals surface area contributed by atoms with Crippen LogP contribution in [-0.4, -0.2) is 15.9 Å². The van der Waals surface area contributed by atoms with Crippen molar-refractivity contribution in [2.75, 3.05) is 0 Å². The van der Waals surface area contributed by atoms with Crippen molar-refractivity contribution in [1.29, 1.82) is 0 Å². The third-order valence-electron chi connectivity index (χ3n) is 7.02. The van der Waals surface area contributed by atoms with E-state index in [0.717, 1.165) is 38.9 Å². The molecule has 0 amide bonds. The first kappa shape index (κ1) is 32.6. The number of hydrogen-bond acceptors (Lipinski definition) is 4. The number of allylic oxidation sites excluding steroid dienone is 2. The summed E-state index contributed by atoms with van der Waals surface area (Å²) in [6.45, 7) is 7.17. The van der Waals surface area contributed by atoms with Gasteiger partial charge in [0.25, 0.3) is 0 Å². The number of fused-ring (bicyclic) bond motifs is 4. The Morgan fingerprint density at radius 3 is 2.30 bits per heavy atom. The average Bonchev–Trinajstić information content (AvgIpc) is 3.34. The zero-order chi connectivity index (χ0) is 30.9. The number of carbonyl (C=O) groups excluding carboxylic acids is 1. The van der Waals surface area contributed by atoms with Gasteiger partial charge >= 0.3 is 6.18 Å². The predicted octanol–water partition coefficient (Wildman–Crippen LogP) is 10.4. The molecule has 4 nitrogen and oxygen atoms in total. The summed E-state index contributed by atoms with van der Waals surface area (Å²) in [6, 6.07) is 26.4. The summed E-state index contributed by atoms with van der Waals surface area (Å²) < 4.78 is 47.0. The molecule has 4 aromatic carbocycles. The molecule has 0 aliphatic carbocycles. The van der Waals surface area contributed by atoms with E-state index >= 15 is 0 Å². The molecule has 6 rings (SSSR count). The van der Waals surface area contributed by atoms with Crippen molar-refractivity contribution >= 4 is 38.5 Å². The maximum absolute atomic E-state index is 13.6. The number of hydrogen-bond donors (Lipinski definition) is 1. The molecule has 2 aromatic heterocycles. The molecular formula is C36H29F3IrNO3-. The van der Waals surface area contributed by atoms with Crippen LogP contribution in [0.25, 0.3) is 55.1 Å². The van der Waals surface area contributed by atoms with E-state index in [4.69, 9.17) is 14.5 Å². The molecule has 8 heteroatoms. The van der Waals surface area contributed by atoms with Crippen LogP contribution >= 0.6 is 0 Å². The molecular weight excluding hydrogens is 744 g/mol. The molecule has 0 atom stereocenters. The van der Waals surface area contributed by atoms with Crippen LogP contribution in [0.4, 0.5) is 13.2 Å². The predicted molar refractivity (Wildman–Crippen MR) is 165 cm³/mol. The number of alkyl halides is 3. The van der Waals surface area contributed by atoms with E-state index in [1.165, 1.54) is 37.6 Å². The van der Waals surface area contributed by atoms with Crippen LogP contribution in [0.5, 0.6) is 0 Å². The van der Waals surface area contributed by atoms with Crippen LogP contribution in [0, 0.1) is 6.07 Å². The standard InChI is InChI=1S/C31H21F3NO.C5H8O2.Ir/c1-18(2)25-16-21(15-19-7-3-4-8-22(19)25)30-29-24-12-11-20(17-28(24)36-27(29)13-14-35-30)23-9-5-6-10-26(23)31(32,33)34;1-4(6)3-5(2)7;/h3-14,16-18H,1-2H3;3,6H,1-2H3;/q-1;;/b;4-3-;. The number of benzene rings is 4. The maximum Gasteiger partial charge on any atom is 0.417 e. The van der Waals surface area contributed by atoms with Crippen LogP contribution in [0.15, 0.2) is 101 Å². The zero-order valence-corrected chi connectivity index (χ0v) is 26.8. The molecule has 0 spiro atoms. The monoisotopic (exact) mass is 773 g/mol. The number of aromatic nitrogens is 1. The van der Waals surface area contributed by atoms with Crippen LogP contribution in [0.3, 0.4) is 0 Å². The van der Waals surface area contributed by atoms with Crippen LogP contribution < -0.4 is 0 Å². The Balaban J connectivity index is 0.000000497. The van der Waals surface area contributed by atoms with Crippen LogP contribution in [-0.2, 0) is 31.1 Å². The maximum atomic E-state index is 13.6. The topological polar surface area (TPSA) is 63.3 Å². The van der Waals surface area contributed by atoms with E-state index in [1.807, 2.05) is 24.3 Å². The number of nitrogens with zero attached hydrogens (tertiary/aromatic N) is 1. The van der Waals surface area contributed by atoms with E-state index in [0.29, 0.717) is 22.6 Å². The van der Waals surface area contributed by atoms with Gasteiger partial charge in [-0.1, -0.05) is 73.3 Å². The fraction of sp³-hybridized carbons (Fsp3) is 0.167. The molecule has 0 unspecified atom stereocenters. The quantitative estimate of drug-likeness (QED) is 0.110. The second kappa shape index (κ2) is 13.2. The van der Waals surface area contributed by atoms with Gasteiger partial charge in [0.1, 0.15) is 11.2 Å². The molecule has 0 aliphatic rings. The van der Waals surface area contributed by atoms with E-state index < -0.39 is 11.7 Å². The molecule has 0 saturated carbocycles. The van der Waals surface area contributed by atoms with Gasteiger partial charge in [-0.3, -0.25) is 9.78 Å². The molecule has 2 heterocycles. The second-order valence-electron chi connectivity index (χ2n) is 10.6. The normalized spacial score (nSPS) is 11.9. The minimum Gasteiger partial charge on any atom is -0.512 e. The minimum atomic E-state index is -4.45. The SMILES string of the molecule is CC(=O)/C=C(/C)O.CC(C)c1cc(-c2nccc3oc4cc(-c5ccccc5C(F)(F)F)ccc4c23)[c-]c2ccccc12.[Ir]. The van der Waals surface area contributed by atoms with E-state index in [1.54, 1.807) is 30.5 Å². The number of ketones is 1. The average molecular weight is 773 g/mol. The number of furan rings is 1. The van der Waals surface area contributed by atoms with E-state index in [2.05, 4.69) is 32.0 Å². The Hall–Kier alpha value is -4.26. The summed E-state index contributed by atoms with van der Waals surface area (Å²) in [5, 5.41) is 12.2. The molecule has 44 heavy (non-hydrogen) atoms. The van der Waals surface area contributed by atoms with Crippen molar-refractivity contribution in [1.82, 2.24) is 4.98 Å². The Morgan fingerprint density at radius 2 is 1.64 bits per heavy atom. The van der Waals surface area contributed by atoms with Crippen molar-refractivity contribution in [3.8, 4) is 22.4 Å². The van der Waals surface area contributed by atoms with E-state index in [9.17, 15) is 18.0 Å². The number of pyridine rings is 1. The molecule has 0 fully saturated rings. The summed E-state index contributed by atoms with van der Waals surface area (Å²) >= 11 is 0. The number of halogens is 3. The van der Waals surface area contributed by atoms with Gasteiger partial charge in [-0.2, -0.15) is 13.2 Å². The molecule has 0 aliphatic heterocycles. The summed E-state index contributed by atoms with van der Waals surface area (Å²) in [4.78, 5) is 14.7. The van der Waals surface area contributed by atoms with Gasteiger partial charge in [-0.05, 0) is 49.1 Å². The molecule has 1 radical (unpaired) electrons. The van der Waals surface area contributed by atoms with Crippen molar-refractivity contribution in [3.63, 3.8) is 0 Å². The number of aliphatic hydroxyl groups excluding tert-OH is 1. The molecule has 227 valence electrons. The number of rotatable bonds is 4. The fourth-order valence-corrected chi connectivity index (χ4v) is 5.23. The van der Waals surface area contributed by atoms with Gasteiger partial charge in [0, 0.05) is 48.8 Å². The van der Waals surface area contributed by atoms with Gasteiger partial charge in [-0.15, -0.1) is 29.1 Å². The fourth-order valence-electron chi connectivity index (χ4n) is 5.23. The summed E-state index contributed by atoms with van der Waals surface area (Å²) in [7, 11) is 0. The van der Waals surface area contributed by atoms with Crippen LogP contribution in [0.1, 0.15) is 44.7 Å². The second-order valence-corrected chi connectivity index (χ2v) is 10.6. The van der Waals surface area contributed by atoms with Gasteiger partial charge < -0.3 is 9.52 Å². The largest absolute Gasteiger partial charge is 0.512 e. The van der Waals surface area contributed by atoms with Gasteiger partial charge in [0.2, 0.25) is 0 Å². The van der Waals surface area contributed by atoms with Gasteiger partial charge in [0.05, 0.1) is 11.3 Å². The van der Waals surface area contributed by atoms with Crippen molar-refractivity contribution < 1.29 is 47.6 Å². The number of carbonyl (C=O) groups is 1. The third kappa shape index (κ3) is 6.77. The first-order valence-electron chi connectivity index (χ1n) is 13.7. The van der Waals surface area contributed by atoms with Gasteiger partial charge in [0.15, 0.2) is 5.78 Å². The molecule has 0 bridgehead atoms. The van der Waals surface area contributed by atoms with Gasteiger partial charge in [-0.25, -0.2) is 0 Å². The minimum absolute atomic E-state index is 0.